The maximum absolute atomic E-state index is 11.5. The number of rotatable bonds is 2. The quantitative estimate of drug-likeness (QED) is 0.687. The number of hydrogen-bond acceptors (Lipinski definition) is 1. The Bertz CT molecular complexity index is 375. The highest BCUT2D eigenvalue weighted by molar-refractivity contribution is 6.31. The Kier molecular flexibility index (Phi) is 3.56. The largest absolute Gasteiger partial charge is 0.294 e. The Morgan fingerprint density at radius 3 is 2.33 bits per heavy atom. The molecule has 0 radical (unpaired) electrons. The van der Waals surface area contributed by atoms with Gasteiger partial charge >= 0.3 is 0 Å². The van der Waals surface area contributed by atoms with Crippen LogP contribution in [0.25, 0.3) is 0 Å². The van der Waals surface area contributed by atoms with Gasteiger partial charge in [0.15, 0.2) is 5.78 Å². The van der Waals surface area contributed by atoms with Crippen molar-refractivity contribution in [3.8, 4) is 0 Å². The van der Waals surface area contributed by atoms with E-state index in [9.17, 15) is 4.79 Å². The van der Waals surface area contributed by atoms with Crippen molar-refractivity contribution in [1.82, 2.24) is 0 Å². The van der Waals surface area contributed by atoms with Crippen molar-refractivity contribution in [2.24, 2.45) is 0 Å². The normalized spacial score (nSPS) is 11.5. The summed E-state index contributed by atoms with van der Waals surface area (Å²) in [6, 6.07) is 5.58. The molecule has 1 rings (SSSR count). The number of hydrogen-bond donors (Lipinski definition) is 0. The van der Waals surface area contributed by atoms with E-state index >= 15 is 0 Å². The third-order valence-electron chi connectivity index (χ3n) is 2.42. The smallest absolute Gasteiger partial charge is 0.162 e. The lowest BCUT2D eigenvalue weighted by Crippen LogP contribution is -2.12. The molecule has 0 saturated heterocycles. The molecule has 1 nitrogen and oxygen atoms in total. The van der Waals surface area contributed by atoms with Gasteiger partial charge in [-0.3, -0.25) is 4.79 Å². The van der Waals surface area contributed by atoms with Crippen LogP contribution in [0.4, 0.5) is 0 Å². The summed E-state index contributed by atoms with van der Waals surface area (Å²) in [4.78, 5) is 11.5. The van der Waals surface area contributed by atoms with Gasteiger partial charge in [-0.1, -0.05) is 51.4 Å². The maximum Gasteiger partial charge on any atom is 0.162 e. The summed E-state index contributed by atoms with van der Waals surface area (Å²) < 4.78 is 0. The predicted molar refractivity (Wildman–Crippen MR) is 64.8 cm³/mol. The zero-order valence-electron chi connectivity index (χ0n) is 9.73. The minimum absolute atomic E-state index is 0.0187. The topological polar surface area (TPSA) is 17.1 Å². The predicted octanol–water partition coefficient (Wildman–Crippen LogP) is 4.23. The second kappa shape index (κ2) is 4.36. The van der Waals surface area contributed by atoms with Crippen molar-refractivity contribution >= 4 is 17.4 Å². The van der Waals surface area contributed by atoms with Crippen molar-refractivity contribution in [3.05, 3.63) is 34.3 Å². The molecule has 0 aliphatic rings. The molecule has 0 amide bonds. The molecule has 0 spiro atoms. The van der Waals surface area contributed by atoms with E-state index in [0.29, 0.717) is 17.0 Å². The first-order chi connectivity index (χ1) is 6.86. The van der Waals surface area contributed by atoms with Crippen LogP contribution < -0.4 is 0 Å². The molecule has 82 valence electrons. The number of carbonyl (C=O) groups is 1. The molecule has 0 unspecified atom stereocenters. The van der Waals surface area contributed by atoms with Crippen LogP contribution in [0.5, 0.6) is 0 Å². The van der Waals surface area contributed by atoms with E-state index in [1.165, 1.54) is 0 Å². The fraction of sp³-hybridized carbons (Fsp3) is 0.462. The Hall–Kier alpha value is -0.820. The van der Waals surface area contributed by atoms with Gasteiger partial charge in [0.05, 0.1) is 0 Å². The lowest BCUT2D eigenvalue weighted by molar-refractivity contribution is 0.0988. The highest BCUT2D eigenvalue weighted by Crippen LogP contribution is 2.30. The van der Waals surface area contributed by atoms with Crippen LogP contribution in [-0.4, -0.2) is 5.78 Å². The molecule has 0 bridgehead atoms. The Morgan fingerprint density at radius 1 is 1.33 bits per heavy atom. The molecule has 1 aromatic rings. The van der Waals surface area contributed by atoms with Gasteiger partial charge in [0, 0.05) is 17.0 Å². The minimum atomic E-state index is 0.0187. The summed E-state index contributed by atoms with van der Waals surface area (Å²) >= 11 is 6.16. The monoisotopic (exact) mass is 224 g/mol. The van der Waals surface area contributed by atoms with E-state index < -0.39 is 0 Å². The standard InChI is InChI=1S/C13H17ClO/c1-5-12(15)9-6-7-10(11(14)8-9)13(2,3)4/h6-8H,5H2,1-4H3. The van der Waals surface area contributed by atoms with E-state index in [4.69, 9.17) is 11.6 Å². The third kappa shape index (κ3) is 2.82. The molecule has 15 heavy (non-hydrogen) atoms. The molecule has 0 aromatic heterocycles. The van der Waals surface area contributed by atoms with Crippen molar-refractivity contribution in [3.63, 3.8) is 0 Å². The van der Waals surface area contributed by atoms with Crippen molar-refractivity contribution in [2.75, 3.05) is 0 Å². The van der Waals surface area contributed by atoms with Crippen LogP contribution in [0.2, 0.25) is 5.02 Å². The van der Waals surface area contributed by atoms with Crippen LogP contribution in [0.15, 0.2) is 18.2 Å². The molecule has 0 aliphatic carbocycles. The Morgan fingerprint density at radius 2 is 1.93 bits per heavy atom. The third-order valence-corrected chi connectivity index (χ3v) is 2.73. The second-order valence-electron chi connectivity index (χ2n) is 4.72. The van der Waals surface area contributed by atoms with Crippen LogP contribution in [0.3, 0.4) is 0 Å². The molecule has 0 saturated carbocycles. The molecular formula is C13H17ClO. The summed E-state index contributed by atoms with van der Waals surface area (Å²) in [5.74, 6) is 0.136. The molecule has 0 fully saturated rings. The lowest BCUT2D eigenvalue weighted by atomic mass is 9.86. The average Bonchev–Trinajstić information content (AvgIpc) is 2.14. The number of benzene rings is 1. The van der Waals surface area contributed by atoms with Crippen LogP contribution in [-0.2, 0) is 5.41 Å². The van der Waals surface area contributed by atoms with E-state index in [1.54, 1.807) is 6.07 Å². The number of halogens is 1. The summed E-state index contributed by atoms with van der Waals surface area (Å²) in [5, 5.41) is 0.682. The zero-order valence-corrected chi connectivity index (χ0v) is 10.5. The van der Waals surface area contributed by atoms with E-state index in [2.05, 4.69) is 20.8 Å². The molecule has 0 heterocycles. The number of carbonyl (C=O) groups excluding carboxylic acids is 1. The van der Waals surface area contributed by atoms with E-state index in [0.717, 1.165) is 5.56 Å². The summed E-state index contributed by atoms with van der Waals surface area (Å²) in [5.41, 5.74) is 1.80. The van der Waals surface area contributed by atoms with Gasteiger partial charge in [0.25, 0.3) is 0 Å². The lowest BCUT2D eigenvalue weighted by Gasteiger charge is -2.20. The van der Waals surface area contributed by atoms with Gasteiger partial charge in [-0.25, -0.2) is 0 Å². The SMILES string of the molecule is CCC(=O)c1ccc(C(C)(C)C)c(Cl)c1. The van der Waals surface area contributed by atoms with Gasteiger partial charge in [-0.15, -0.1) is 0 Å². The maximum atomic E-state index is 11.5. The Labute approximate surface area is 96.5 Å². The molecule has 0 N–H and O–H groups in total. The second-order valence-corrected chi connectivity index (χ2v) is 5.13. The van der Waals surface area contributed by atoms with Crippen molar-refractivity contribution < 1.29 is 4.79 Å². The number of Topliss-reactive ketones (excluding diaryl/α,β-unsaturated/α-hetero) is 1. The zero-order chi connectivity index (χ0) is 11.6. The van der Waals surface area contributed by atoms with Crippen molar-refractivity contribution in [2.45, 2.75) is 39.5 Å². The summed E-state index contributed by atoms with van der Waals surface area (Å²) in [6.45, 7) is 8.18. The fourth-order valence-corrected chi connectivity index (χ4v) is 1.96. The van der Waals surface area contributed by atoms with E-state index in [1.807, 2.05) is 19.1 Å². The minimum Gasteiger partial charge on any atom is -0.294 e. The van der Waals surface area contributed by atoms with Gasteiger partial charge in [-0.2, -0.15) is 0 Å². The Balaban J connectivity index is 3.15. The summed E-state index contributed by atoms with van der Waals surface area (Å²) in [6.07, 6.45) is 0.519. The molecule has 0 atom stereocenters. The van der Waals surface area contributed by atoms with Gasteiger partial charge in [0.2, 0.25) is 0 Å². The first-order valence-electron chi connectivity index (χ1n) is 5.19. The first kappa shape index (κ1) is 12.3. The van der Waals surface area contributed by atoms with Crippen LogP contribution >= 0.6 is 11.6 Å². The van der Waals surface area contributed by atoms with E-state index in [-0.39, 0.29) is 11.2 Å². The highest BCUT2D eigenvalue weighted by atomic mass is 35.5. The highest BCUT2D eigenvalue weighted by Gasteiger charge is 2.18. The van der Waals surface area contributed by atoms with Crippen LogP contribution in [0.1, 0.15) is 50.0 Å². The first-order valence-corrected chi connectivity index (χ1v) is 5.57. The summed E-state index contributed by atoms with van der Waals surface area (Å²) in [7, 11) is 0. The molecule has 2 heteroatoms. The molecule has 0 aliphatic heterocycles. The number of ketones is 1. The molecular weight excluding hydrogens is 208 g/mol. The van der Waals surface area contributed by atoms with Gasteiger partial charge < -0.3 is 0 Å². The molecule has 1 aromatic carbocycles. The van der Waals surface area contributed by atoms with Crippen molar-refractivity contribution in [1.29, 1.82) is 0 Å². The fourth-order valence-electron chi connectivity index (χ4n) is 1.50. The van der Waals surface area contributed by atoms with Crippen LogP contribution in [0, 0.1) is 0 Å². The van der Waals surface area contributed by atoms with Gasteiger partial charge in [0.1, 0.15) is 0 Å². The average molecular weight is 225 g/mol. The van der Waals surface area contributed by atoms with Gasteiger partial charge in [-0.05, 0) is 17.0 Å².